The Morgan fingerprint density at radius 2 is 1.83 bits per heavy atom. The Morgan fingerprint density at radius 3 is 2.54 bits per heavy atom. The van der Waals surface area contributed by atoms with E-state index in [1.807, 2.05) is 53.3 Å². The summed E-state index contributed by atoms with van der Waals surface area (Å²) >= 11 is 3.29. The summed E-state index contributed by atoms with van der Waals surface area (Å²) in [6.45, 7) is 2.06. The van der Waals surface area contributed by atoms with E-state index in [2.05, 4.69) is 29.4 Å². The molecule has 0 spiro atoms. The largest absolute Gasteiger partial charge is 0.428 e. The number of hydrogen-bond acceptors (Lipinski definition) is 6. The lowest BCUT2D eigenvalue weighted by Crippen LogP contribution is -2.03. The topological polar surface area (TPSA) is 21.6 Å². The van der Waals surface area contributed by atoms with Crippen LogP contribution >= 0.6 is 44.3 Å². The molecule has 0 bridgehead atoms. The van der Waals surface area contributed by atoms with E-state index in [1.54, 1.807) is 44.3 Å². The van der Waals surface area contributed by atoms with Crippen LogP contribution in [0.1, 0.15) is 5.56 Å². The first-order valence-electron chi connectivity index (χ1n) is 7.20. The first kappa shape index (κ1) is 17.4. The number of nitrogens with zero attached hydrogens (tertiary/aromatic N) is 1. The second kappa shape index (κ2) is 9.13. The summed E-state index contributed by atoms with van der Waals surface area (Å²) in [6, 6.07) is 16.2. The van der Waals surface area contributed by atoms with Gasteiger partial charge in [-0.05, 0) is 64.2 Å². The van der Waals surface area contributed by atoms with Crippen LogP contribution in [0.3, 0.4) is 0 Å². The molecule has 0 radical (unpaired) electrons. The van der Waals surface area contributed by atoms with Crippen molar-refractivity contribution in [3.05, 3.63) is 76.3 Å². The molecule has 3 rings (SSSR count). The van der Waals surface area contributed by atoms with Gasteiger partial charge in [-0.1, -0.05) is 34.6 Å². The molecule has 2 heterocycles. The number of benzene rings is 1. The Kier molecular flexibility index (Phi) is 6.60. The van der Waals surface area contributed by atoms with Gasteiger partial charge in [-0.3, -0.25) is 0 Å². The Labute approximate surface area is 157 Å². The van der Waals surface area contributed by atoms with Crippen LogP contribution in [0.2, 0.25) is 0 Å². The maximum Gasteiger partial charge on any atom is 0.221 e. The lowest BCUT2D eigenvalue weighted by molar-refractivity contribution is 0.572. The van der Waals surface area contributed by atoms with E-state index in [9.17, 15) is 0 Å². The zero-order chi connectivity index (χ0) is 16.6. The van der Waals surface area contributed by atoms with Crippen LogP contribution in [0, 0.1) is 6.92 Å². The average Bonchev–Trinajstić information content (AvgIpc) is 3.27. The molecule has 1 aromatic carbocycles. The molecule has 122 valence electrons. The molecular formula is C18H15NOS4. The Hall–Kier alpha value is -1.47. The molecule has 0 aliphatic rings. The fraction of sp³-hybridized carbons (Fsp3) is 0.0556. The van der Waals surface area contributed by atoms with Crippen molar-refractivity contribution in [2.75, 3.05) is 0 Å². The van der Waals surface area contributed by atoms with E-state index in [-0.39, 0.29) is 0 Å². The van der Waals surface area contributed by atoms with E-state index in [1.165, 1.54) is 9.77 Å². The Balaban J connectivity index is 1.70. The minimum absolute atomic E-state index is 0.584. The van der Waals surface area contributed by atoms with Crippen molar-refractivity contribution in [2.45, 2.75) is 11.1 Å². The first-order valence-corrected chi connectivity index (χ1v) is 11.2. The van der Waals surface area contributed by atoms with E-state index in [0.717, 1.165) is 10.8 Å². The third-order valence-corrected chi connectivity index (χ3v) is 6.93. The summed E-state index contributed by atoms with van der Waals surface area (Å²) in [5.41, 5.74) is 2.10. The van der Waals surface area contributed by atoms with Gasteiger partial charge in [0.05, 0.1) is 9.90 Å². The minimum Gasteiger partial charge on any atom is -0.428 e. The SMILES string of the molecule is Cc1ccc(/N=C(/C=C/SSc2cccs2)Oc2cccs2)cc1. The zero-order valence-corrected chi connectivity index (χ0v) is 16.2. The molecule has 2 aromatic heterocycles. The van der Waals surface area contributed by atoms with Crippen LogP contribution in [0.15, 0.2) is 80.0 Å². The van der Waals surface area contributed by atoms with Crippen molar-refractivity contribution >= 4 is 55.8 Å². The first-order chi connectivity index (χ1) is 11.8. The number of thiophene rings is 2. The predicted molar refractivity (Wildman–Crippen MR) is 110 cm³/mol. The maximum atomic E-state index is 5.89. The van der Waals surface area contributed by atoms with Gasteiger partial charge in [-0.15, -0.1) is 22.7 Å². The van der Waals surface area contributed by atoms with Gasteiger partial charge < -0.3 is 4.74 Å². The monoisotopic (exact) mass is 389 g/mol. The third-order valence-electron chi connectivity index (χ3n) is 2.86. The average molecular weight is 390 g/mol. The number of rotatable bonds is 6. The molecule has 0 unspecified atom stereocenters. The van der Waals surface area contributed by atoms with Gasteiger partial charge in [0.1, 0.15) is 0 Å². The van der Waals surface area contributed by atoms with Gasteiger partial charge in [-0.2, -0.15) is 0 Å². The second-order valence-corrected chi connectivity index (χ2v) is 9.00. The van der Waals surface area contributed by atoms with Crippen molar-refractivity contribution in [3.8, 4) is 5.06 Å². The van der Waals surface area contributed by atoms with Gasteiger partial charge in [-0.25, -0.2) is 4.99 Å². The molecule has 0 saturated heterocycles. The number of ether oxygens (including phenoxy) is 1. The lowest BCUT2D eigenvalue weighted by Gasteiger charge is -2.03. The summed E-state index contributed by atoms with van der Waals surface area (Å²) in [4.78, 5) is 4.60. The normalized spacial score (nSPS) is 12.0. The minimum atomic E-state index is 0.584. The van der Waals surface area contributed by atoms with Gasteiger partial charge in [0.15, 0.2) is 5.06 Å². The van der Waals surface area contributed by atoms with Crippen molar-refractivity contribution in [3.63, 3.8) is 0 Å². The van der Waals surface area contributed by atoms with Gasteiger partial charge in [0, 0.05) is 6.08 Å². The van der Waals surface area contributed by atoms with Crippen molar-refractivity contribution in [1.29, 1.82) is 0 Å². The zero-order valence-electron chi connectivity index (χ0n) is 12.9. The molecule has 2 nitrogen and oxygen atoms in total. The highest BCUT2D eigenvalue weighted by Crippen LogP contribution is 2.35. The molecule has 6 heteroatoms. The van der Waals surface area contributed by atoms with Crippen molar-refractivity contribution in [2.24, 2.45) is 4.99 Å². The van der Waals surface area contributed by atoms with Crippen molar-refractivity contribution in [1.82, 2.24) is 0 Å². The van der Waals surface area contributed by atoms with Gasteiger partial charge in [0.2, 0.25) is 5.90 Å². The van der Waals surface area contributed by atoms with Crippen LogP contribution in [-0.2, 0) is 0 Å². The highest BCUT2D eigenvalue weighted by atomic mass is 33.1. The Morgan fingerprint density at radius 1 is 1.04 bits per heavy atom. The van der Waals surface area contributed by atoms with E-state index in [0.29, 0.717) is 5.90 Å². The summed E-state index contributed by atoms with van der Waals surface area (Å²) in [6.07, 6.45) is 1.91. The molecule has 0 aliphatic heterocycles. The molecule has 24 heavy (non-hydrogen) atoms. The van der Waals surface area contributed by atoms with E-state index in [4.69, 9.17) is 4.74 Å². The highest BCUT2D eigenvalue weighted by molar-refractivity contribution is 8.78. The number of hydrogen-bond donors (Lipinski definition) is 0. The fourth-order valence-electron chi connectivity index (χ4n) is 1.74. The quantitative estimate of drug-likeness (QED) is 0.253. The molecule has 0 saturated carbocycles. The van der Waals surface area contributed by atoms with Gasteiger partial charge >= 0.3 is 0 Å². The highest BCUT2D eigenvalue weighted by Gasteiger charge is 2.02. The lowest BCUT2D eigenvalue weighted by atomic mass is 10.2. The van der Waals surface area contributed by atoms with Crippen LogP contribution in [0.4, 0.5) is 5.69 Å². The fourth-order valence-corrected chi connectivity index (χ4v) is 5.04. The summed E-state index contributed by atoms with van der Waals surface area (Å²) in [5.74, 6) is 0.584. The smallest absolute Gasteiger partial charge is 0.221 e. The second-order valence-electron chi connectivity index (χ2n) is 4.73. The summed E-state index contributed by atoms with van der Waals surface area (Å²) in [7, 11) is 3.38. The Bertz CT molecular complexity index is 790. The third kappa shape index (κ3) is 5.56. The van der Waals surface area contributed by atoms with Crippen LogP contribution in [0.25, 0.3) is 0 Å². The molecule has 0 fully saturated rings. The molecule has 0 aliphatic carbocycles. The van der Waals surface area contributed by atoms with Crippen molar-refractivity contribution < 1.29 is 4.74 Å². The summed E-state index contributed by atoms with van der Waals surface area (Å²) in [5, 5.41) is 6.91. The standard InChI is InChI=1S/C18H15NOS4/c1-14-6-8-15(9-7-14)19-16(20-17-4-2-11-21-17)10-13-23-24-18-5-3-12-22-18/h2-13H,1H3/b13-10+,19-16-. The predicted octanol–water partition coefficient (Wildman–Crippen LogP) is 7.18. The number of aryl methyl sites for hydroxylation is 1. The number of aliphatic imine (C=N–C) groups is 1. The van der Waals surface area contributed by atoms with E-state index < -0.39 is 0 Å². The molecule has 3 aromatic rings. The molecule has 0 atom stereocenters. The van der Waals surface area contributed by atoms with Gasteiger partial charge in [0.25, 0.3) is 0 Å². The molecular weight excluding hydrogens is 374 g/mol. The van der Waals surface area contributed by atoms with Crippen LogP contribution in [0.5, 0.6) is 5.06 Å². The van der Waals surface area contributed by atoms with Crippen LogP contribution < -0.4 is 4.74 Å². The van der Waals surface area contributed by atoms with Crippen LogP contribution in [-0.4, -0.2) is 5.90 Å². The maximum absolute atomic E-state index is 5.89. The molecule has 0 amide bonds. The summed E-state index contributed by atoms with van der Waals surface area (Å²) < 4.78 is 7.17. The van der Waals surface area contributed by atoms with E-state index >= 15 is 0 Å². The molecule has 0 N–H and O–H groups in total.